The van der Waals surface area contributed by atoms with Gasteiger partial charge < -0.3 is 0 Å². The normalized spacial score (nSPS) is 12.0. The molecule has 0 aliphatic rings. The molecular weight excluding hydrogens is 331 g/mol. The second-order valence-corrected chi connectivity index (χ2v) is 6.61. The van der Waals surface area contributed by atoms with Gasteiger partial charge in [-0.05, 0) is 35.4 Å². The average Bonchev–Trinajstić information content (AvgIpc) is 2.45. The molecule has 0 spiro atoms. The summed E-state index contributed by atoms with van der Waals surface area (Å²) in [6.45, 7) is 0. The molecule has 1 N–H and O–H groups in total. The number of sulfonamides is 1. The third kappa shape index (κ3) is 4.56. The van der Waals surface area contributed by atoms with Crippen LogP contribution in [0.1, 0.15) is 15.9 Å². The van der Waals surface area contributed by atoms with Gasteiger partial charge in [0.05, 0.1) is 11.8 Å². The van der Waals surface area contributed by atoms with Crippen molar-refractivity contribution < 1.29 is 26.4 Å². The van der Waals surface area contributed by atoms with Gasteiger partial charge >= 0.3 is 6.18 Å². The summed E-state index contributed by atoms with van der Waals surface area (Å²) in [6.07, 6.45) is -3.59. The summed E-state index contributed by atoms with van der Waals surface area (Å²) in [7, 11) is -3.68. The van der Waals surface area contributed by atoms with Crippen molar-refractivity contribution in [2.24, 2.45) is 0 Å². The maximum atomic E-state index is 12.7. The van der Waals surface area contributed by atoms with Gasteiger partial charge in [0.15, 0.2) is 0 Å². The highest BCUT2D eigenvalue weighted by molar-refractivity contribution is 7.89. The van der Waals surface area contributed by atoms with Crippen molar-refractivity contribution in [2.45, 2.75) is 6.18 Å². The summed E-state index contributed by atoms with van der Waals surface area (Å²) < 4.78 is 61.9. The molecule has 2 aromatic rings. The zero-order valence-corrected chi connectivity index (χ0v) is 12.7. The molecule has 0 atom stereocenters. The summed E-state index contributed by atoms with van der Waals surface area (Å²) in [5.41, 5.74) is 0.141. The van der Waals surface area contributed by atoms with Crippen LogP contribution in [0.3, 0.4) is 0 Å². The Labute approximate surface area is 131 Å². The first-order valence-corrected chi connectivity index (χ1v) is 8.25. The van der Waals surface area contributed by atoms with Gasteiger partial charge in [-0.15, -0.1) is 0 Å². The Kier molecular flexibility index (Phi) is 4.46. The summed E-state index contributed by atoms with van der Waals surface area (Å²) in [6, 6.07) is 10.4. The molecule has 0 aromatic heterocycles. The van der Waals surface area contributed by atoms with Crippen LogP contribution in [0, 0.1) is 0 Å². The minimum Gasteiger partial charge on any atom is -0.268 e. The van der Waals surface area contributed by atoms with Gasteiger partial charge in [0, 0.05) is 5.56 Å². The number of alkyl halides is 3. The summed E-state index contributed by atoms with van der Waals surface area (Å²) in [5, 5.41) is 0. The van der Waals surface area contributed by atoms with E-state index in [-0.39, 0.29) is 5.56 Å². The lowest BCUT2D eigenvalue weighted by molar-refractivity contribution is -0.137. The van der Waals surface area contributed by atoms with Crippen LogP contribution in [0.2, 0.25) is 0 Å². The zero-order chi connectivity index (χ0) is 17.3. The Hall–Kier alpha value is -2.35. The molecule has 2 aromatic carbocycles. The zero-order valence-electron chi connectivity index (χ0n) is 11.9. The van der Waals surface area contributed by atoms with E-state index in [0.29, 0.717) is 11.1 Å². The lowest BCUT2D eigenvalue weighted by Gasteiger charge is -2.09. The first-order valence-electron chi connectivity index (χ1n) is 6.36. The van der Waals surface area contributed by atoms with Gasteiger partial charge in [-0.1, -0.05) is 24.3 Å². The van der Waals surface area contributed by atoms with Crippen LogP contribution >= 0.6 is 0 Å². The number of rotatable bonds is 3. The van der Waals surface area contributed by atoms with Crippen molar-refractivity contribution in [3.63, 3.8) is 0 Å². The largest absolute Gasteiger partial charge is 0.416 e. The number of hydrogen-bond donors (Lipinski definition) is 1. The predicted octanol–water partition coefficient (Wildman–Crippen LogP) is 3.06. The lowest BCUT2D eigenvalue weighted by Crippen LogP contribution is -2.29. The highest BCUT2D eigenvalue weighted by Gasteiger charge is 2.30. The highest BCUT2D eigenvalue weighted by Crippen LogP contribution is 2.32. The van der Waals surface area contributed by atoms with E-state index >= 15 is 0 Å². The predicted molar refractivity (Wildman–Crippen MR) is 79.2 cm³/mol. The molecule has 0 unspecified atom stereocenters. The Morgan fingerprint density at radius 2 is 1.61 bits per heavy atom. The fourth-order valence-corrected chi connectivity index (χ4v) is 2.37. The molecule has 0 aliphatic carbocycles. The number of nitrogens with one attached hydrogen (secondary N) is 1. The molecule has 2 rings (SSSR count). The van der Waals surface area contributed by atoms with Crippen LogP contribution < -0.4 is 4.72 Å². The van der Waals surface area contributed by atoms with Crippen LogP contribution in [0.25, 0.3) is 11.1 Å². The van der Waals surface area contributed by atoms with Gasteiger partial charge in [-0.3, -0.25) is 4.79 Å². The third-order valence-corrected chi connectivity index (χ3v) is 3.50. The fourth-order valence-electron chi connectivity index (χ4n) is 1.92. The van der Waals surface area contributed by atoms with E-state index in [9.17, 15) is 26.4 Å². The Bertz CT molecular complexity index is 828. The molecule has 0 heterocycles. The van der Waals surface area contributed by atoms with Gasteiger partial charge in [-0.2, -0.15) is 13.2 Å². The second-order valence-electron chi connectivity index (χ2n) is 4.86. The standard InChI is InChI=1S/C15H12F3NO3S/c1-23(21,22)19-14(20)11-7-5-10(6-8-11)12-3-2-4-13(9-12)15(16,17)18/h2-9H,1H3,(H,19,20). The lowest BCUT2D eigenvalue weighted by atomic mass is 10.0. The molecule has 8 heteroatoms. The quantitative estimate of drug-likeness (QED) is 0.932. The number of amides is 1. The summed E-state index contributed by atoms with van der Waals surface area (Å²) >= 11 is 0. The monoisotopic (exact) mass is 343 g/mol. The SMILES string of the molecule is CS(=O)(=O)NC(=O)c1ccc(-c2cccc(C(F)(F)F)c2)cc1. The molecule has 0 aliphatic heterocycles. The smallest absolute Gasteiger partial charge is 0.268 e. The van der Waals surface area contributed by atoms with E-state index in [1.54, 1.807) is 0 Å². The molecule has 0 fully saturated rings. The highest BCUT2D eigenvalue weighted by atomic mass is 32.2. The Balaban J connectivity index is 2.28. The van der Waals surface area contributed by atoms with Crippen LogP contribution in [-0.2, 0) is 16.2 Å². The molecule has 4 nitrogen and oxygen atoms in total. The van der Waals surface area contributed by atoms with Crippen molar-refractivity contribution >= 4 is 15.9 Å². The summed E-state index contributed by atoms with van der Waals surface area (Å²) in [5.74, 6) is -0.803. The van der Waals surface area contributed by atoms with E-state index in [4.69, 9.17) is 0 Å². The van der Waals surface area contributed by atoms with Crippen LogP contribution in [0.4, 0.5) is 13.2 Å². The van der Waals surface area contributed by atoms with Crippen LogP contribution in [-0.4, -0.2) is 20.6 Å². The van der Waals surface area contributed by atoms with Crippen molar-refractivity contribution in [1.29, 1.82) is 0 Å². The number of benzene rings is 2. The molecule has 0 bridgehead atoms. The van der Waals surface area contributed by atoms with E-state index in [0.717, 1.165) is 18.4 Å². The number of carbonyl (C=O) groups is 1. The molecular formula is C15H12F3NO3S. The van der Waals surface area contributed by atoms with Gasteiger partial charge in [0.2, 0.25) is 10.0 Å². The Morgan fingerprint density at radius 3 is 2.13 bits per heavy atom. The van der Waals surface area contributed by atoms with Gasteiger partial charge in [0.25, 0.3) is 5.91 Å². The maximum Gasteiger partial charge on any atom is 0.416 e. The van der Waals surface area contributed by atoms with Crippen LogP contribution in [0.15, 0.2) is 48.5 Å². The van der Waals surface area contributed by atoms with E-state index in [2.05, 4.69) is 0 Å². The van der Waals surface area contributed by atoms with E-state index < -0.39 is 27.7 Å². The minimum atomic E-state index is -4.44. The van der Waals surface area contributed by atoms with Gasteiger partial charge in [0.1, 0.15) is 0 Å². The summed E-state index contributed by atoms with van der Waals surface area (Å²) in [4.78, 5) is 11.7. The molecule has 0 saturated carbocycles. The third-order valence-electron chi connectivity index (χ3n) is 2.95. The van der Waals surface area contributed by atoms with Crippen LogP contribution in [0.5, 0.6) is 0 Å². The van der Waals surface area contributed by atoms with Crippen molar-refractivity contribution in [3.05, 3.63) is 59.7 Å². The number of halogens is 3. The minimum absolute atomic E-state index is 0.0890. The van der Waals surface area contributed by atoms with Crippen molar-refractivity contribution in [3.8, 4) is 11.1 Å². The van der Waals surface area contributed by atoms with E-state index in [1.807, 2.05) is 4.72 Å². The number of carbonyl (C=O) groups excluding carboxylic acids is 1. The van der Waals surface area contributed by atoms with Gasteiger partial charge in [-0.25, -0.2) is 13.1 Å². The molecule has 23 heavy (non-hydrogen) atoms. The molecule has 0 saturated heterocycles. The van der Waals surface area contributed by atoms with E-state index in [1.165, 1.54) is 36.4 Å². The average molecular weight is 343 g/mol. The first kappa shape index (κ1) is 17.0. The fraction of sp³-hybridized carbons (Fsp3) is 0.133. The Morgan fingerprint density at radius 1 is 1.00 bits per heavy atom. The first-order chi connectivity index (χ1) is 10.6. The molecule has 0 radical (unpaired) electrons. The molecule has 1 amide bonds. The van der Waals surface area contributed by atoms with Crippen molar-refractivity contribution in [2.75, 3.05) is 6.26 Å². The second kappa shape index (κ2) is 6.04. The maximum absolute atomic E-state index is 12.7. The van der Waals surface area contributed by atoms with Crippen molar-refractivity contribution in [1.82, 2.24) is 4.72 Å². The number of hydrogen-bond acceptors (Lipinski definition) is 3. The molecule has 122 valence electrons. The topological polar surface area (TPSA) is 63.2 Å².